The first-order valence-corrected chi connectivity index (χ1v) is 9.13. The van der Waals surface area contributed by atoms with E-state index in [4.69, 9.17) is 4.42 Å². The molecule has 1 amide bonds. The van der Waals surface area contributed by atoms with Gasteiger partial charge >= 0.3 is 0 Å². The van der Waals surface area contributed by atoms with E-state index in [1.54, 1.807) is 6.07 Å². The molecular formula is C19H15F3N6O2. The summed E-state index contributed by atoms with van der Waals surface area (Å²) in [5.74, 6) is -1.54. The average molecular weight is 416 g/mol. The SMILES string of the molecule is Cn1nc(C(F)F)nc1C(=O)N1CCc2[nH]cnc2[C@@H]1c1cc2cc(F)ccc2o1. The summed E-state index contributed by atoms with van der Waals surface area (Å²) in [5.41, 5.74) is 1.87. The van der Waals surface area contributed by atoms with E-state index in [0.29, 0.717) is 28.8 Å². The smallest absolute Gasteiger partial charge is 0.299 e. The molecule has 1 aromatic carbocycles. The molecule has 11 heteroatoms. The molecular weight excluding hydrogens is 401 g/mol. The Balaban J connectivity index is 1.60. The van der Waals surface area contributed by atoms with Crippen LogP contribution in [0.3, 0.4) is 0 Å². The lowest BCUT2D eigenvalue weighted by atomic mass is 10.00. The fourth-order valence-corrected chi connectivity index (χ4v) is 3.76. The summed E-state index contributed by atoms with van der Waals surface area (Å²) >= 11 is 0. The molecule has 0 saturated carbocycles. The lowest BCUT2D eigenvalue weighted by molar-refractivity contribution is 0.0654. The van der Waals surface area contributed by atoms with Crippen molar-refractivity contribution in [3.8, 4) is 0 Å². The topological polar surface area (TPSA) is 92.8 Å². The maximum Gasteiger partial charge on any atom is 0.299 e. The van der Waals surface area contributed by atoms with Crippen molar-refractivity contribution in [1.29, 1.82) is 0 Å². The van der Waals surface area contributed by atoms with E-state index in [2.05, 4.69) is 20.1 Å². The van der Waals surface area contributed by atoms with Gasteiger partial charge in [-0.3, -0.25) is 4.79 Å². The van der Waals surface area contributed by atoms with Crippen LogP contribution in [0.15, 0.2) is 35.0 Å². The molecule has 1 aliphatic rings. The number of imidazole rings is 1. The number of aromatic nitrogens is 5. The van der Waals surface area contributed by atoms with Crippen LogP contribution < -0.4 is 0 Å². The van der Waals surface area contributed by atoms with Crippen molar-refractivity contribution < 1.29 is 22.4 Å². The van der Waals surface area contributed by atoms with Crippen LogP contribution in [0.25, 0.3) is 11.0 Å². The highest BCUT2D eigenvalue weighted by molar-refractivity contribution is 5.91. The largest absolute Gasteiger partial charge is 0.458 e. The summed E-state index contributed by atoms with van der Waals surface area (Å²) in [5, 5.41) is 4.16. The highest BCUT2D eigenvalue weighted by Gasteiger charge is 2.38. The quantitative estimate of drug-likeness (QED) is 0.554. The van der Waals surface area contributed by atoms with Gasteiger partial charge in [0, 0.05) is 31.1 Å². The number of benzene rings is 1. The van der Waals surface area contributed by atoms with Crippen LogP contribution in [0.5, 0.6) is 0 Å². The fraction of sp³-hybridized carbons (Fsp3) is 0.263. The van der Waals surface area contributed by atoms with Gasteiger partial charge in [0.2, 0.25) is 11.6 Å². The minimum Gasteiger partial charge on any atom is -0.458 e. The van der Waals surface area contributed by atoms with Crippen molar-refractivity contribution in [2.45, 2.75) is 18.9 Å². The summed E-state index contributed by atoms with van der Waals surface area (Å²) in [6, 6.07) is 5.04. The molecule has 30 heavy (non-hydrogen) atoms. The number of aromatic amines is 1. The Morgan fingerprint density at radius 1 is 1.33 bits per heavy atom. The van der Waals surface area contributed by atoms with Crippen LogP contribution in [0, 0.1) is 5.82 Å². The molecule has 8 nitrogen and oxygen atoms in total. The van der Waals surface area contributed by atoms with Gasteiger partial charge in [0.15, 0.2) is 0 Å². The molecule has 0 radical (unpaired) electrons. The first-order valence-electron chi connectivity index (χ1n) is 9.13. The number of furan rings is 1. The van der Waals surface area contributed by atoms with Crippen molar-refractivity contribution in [2.24, 2.45) is 7.05 Å². The number of nitrogens with zero attached hydrogens (tertiary/aromatic N) is 5. The number of rotatable bonds is 3. The van der Waals surface area contributed by atoms with Gasteiger partial charge in [-0.2, -0.15) is 0 Å². The van der Waals surface area contributed by atoms with Crippen LogP contribution in [-0.2, 0) is 13.5 Å². The zero-order valence-corrected chi connectivity index (χ0v) is 15.6. The third-order valence-corrected chi connectivity index (χ3v) is 5.12. The Hall–Kier alpha value is -3.63. The van der Waals surface area contributed by atoms with Gasteiger partial charge in [-0.1, -0.05) is 0 Å². The van der Waals surface area contributed by atoms with Crippen molar-refractivity contribution >= 4 is 16.9 Å². The summed E-state index contributed by atoms with van der Waals surface area (Å²) in [7, 11) is 1.38. The number of hydrogen-bond acceptors (Lipinski definition) is 5. The summed E-state index contributed by atoms with van der Waals surface area (Å²) in [4.78, 5) is 25.8. The van der Waals surface area contributed by atoms with Crippen LogP contribution in [0.1, 0.15) is 46.1 Å². The monoisotopic (exact) mass is 416 g/mol. The van der Waals surface area contributed by atoms with E-state index >= 15 is 0 Å². The molecule has 0 bridgehead atoms. The predicted molar refractivity (Wildman–Crippen MR) is 97.3 cm³/mol. The number of H-pyrrole nitrogens is 1. The molecule has 3 aromatic heterocycles. The average Bonchev–Trinajstić information content (AvgIpc) is 3.43. The van der Waals surface area contributed by atoms with Gasteiger partial charge in [-0.15, -0.1) is 5.10 Å². The Labute approximate surface area is 167 Å². The third-order valence-electron chi connectivity index (χ3n) is 5.12. The van der Waals surface area contributed by atoms with E-state index < -0.39 is 30.0 Å². The number of carbonyl (C=O) groups is 1. The van der Waals surface area contributed by atoms with Gasteiger partial charge < -0.3 is 14.3 Å². The van der Waals surface area contributed by atoms with E-state index in [1.807, 2.05) is 0 Å². The molecule has 0 spiro atoms. The minimum absolute atomic E-state index is 0.212. The molecule has 0 fully saturated rings. The van der Waals surface area contributed by atoms with E-state index in [-0.39, 0.29) is 12.4 Å². The van der Waals surface area contributed by atoms with E-state index in [9.17, 15) is 18.0 Å². The minimum atomic E-state index is -2.89. The van der Waals surface area contributed by atoms with Crippen molar-refractivity contribution in [2.75, 3.05) is 6.54 Å². The number of nitrogens with one attached hydrogen (secondary N) is 1. The van der Waals surface area contributed by atoms with Crippen molar-refractivity contribution in [3.63, 3.8) is 0 Å². The summed E-state index contributed by atoms with van der Waals surface area (Å²) in [6.45, 7) is 0.279. The standard InChI is InChI=1S/C19H15F3N6O2/c1-27-18(25-17(26-27)16(21)22)19(29)28-5-4-11-14(24-8-23-11)15(28)13-7-9-6-10(20)2-3-12(9)30-13/h2-3,6-8,15-16H,4-5H2,1H3,(H,23,24)/t15-/m0/s1. The molecule has 0 saturated heterocycles. The van der Waals surface area contributed by atoms with Crippen LogP contribution in [0.2, 0.25) is 0 Å². The van der Waals surface area contributed by atoms with Crippen LogP contribution in [-0.4, -0.2) is 42.1 Å². The molecule has 4 aromatic rings. The normalized spacial score (nSPS) is 16.4. The third kappa shape index (κ3) is 2.85. The lowest BCUT2D eigenvalue weighted by Crippen LogP contribution is -2.41. The second-order valence-electron chi connectivity index (χ2n) is 6.97. The zero-order valence-electron chi connectivity index (χ0n) is 15.6. The molecule has 154 valence electrons. The second kappa shape index (κ2) is 6.71. The van der Waals surface area contributed by atoms with Gasteiger partial charge in [0.1, 0.15) is 23.2 Å². The zero-order chi connectivity index (χ0) is 21.0. The Morgan fingerprint density at radius 2 is 2.17 bits per heavy atom. The summed E-state index contributed by atoms with van der Waals surface area (Å²) < 4.78 is 46.5. The Kier molecular flexibility index (Phi) is 4.12. The first kappa shape index (κ1) is 18.4. The van der Waals surface area contributed by atoms with Crippen molar-refractivity contribution in [3.05, 3.63) is 65.2 Å². The lowest BCUT2D eigenvalue weighted by Gasteiger charge is -2.33. The highest BCUT2D eigenvalue weighted by Crippen LogP contribution is 2.37. The number of amides is 1. The number of carbonyl (C=O) groups excluding carboxylic acids is 1. The molecule has 1 aliphatic heterocycles. The number of hydrogen-bond donors (Lipinski definition) is 1. The van der Waals surface area contributed by atoms with E-state index in [1.165, 1.54) is 36.5 Å². The highest BCUT2D eigenvalue weighted by atomic mass is 19.3. The van der Waals surface area contributed by atoms with Gasteiger partial charge in [-0.05, 0) is 24.3 Å². The molecule has 0 unspecified atom stereocenters. The maximum atomic E-state index is 13.6. The fourth-order valence-electron chi connectivity index (χ4n) is 3.76. The second-order valence-corrected chi connectivity index (χ2v) is 6.97. The molecule has 1 N–H and O–H groups in total. The van der Waals surface area contributed by atoms with E-state index in [0.717, 1.165) is 10.4 Å². The van der Waals surface area contributed by atoms with Gasteiger partial charge in [-0.25, -0.2) is 27.8 Å². The van der Waals surface area contributed by atoms with Gasteiger partial charge in [0.05, 0.1) is 12.0 Å². The van der Waals surface area contributed by atoms with Crippen LogP contribution >= 0.6 is 0 Å². The maximum absolute atomic E-state index is 13.6. The molecule has 1 atom stereocenters. The number of alkyl halides is 2. The molecule has 4 heterocycles. The number of aryl methyl sites for hydroxylation is 1. The first-order chi connectivity index (χ1) is 14.4. The predicted octanol–water partition coefficient (Wildman–Crippen LogP) is 3.15. The Bertz CT molecular complexity index is 1260. The van der Waals surface area contributed by atoms with Crippen LogP contribution in [0.4, 0.5) is 13.2 Å². The Morgan fingerprint density at radius 3 is 2.93 bits per heavy atom. The number of fused-ring (bicyclic) bond motifs is 2. The van der Waals surface area contributed by atoms with Crippen molar-refractivity contribution in [1.82, 2.24) is 29.6 Å². The molecule has 5 rings (SSSR count). The summed E-state index contributed by atoms with van der Waals surface area (Å²) in [6.07, 6.45) is -0.880. The molecule has 0 aliphatic carbocycles. The van der Waals surface area contributed by atoms with Gasteiger partial charge in [0.25, 0.3) is 12.3 Å². The number of halogens is 3.